The van der Waals surface area contributed by atoms with Crippen molar-refractivity contribution in [3.8, 4) is 0 Å². The van der Waals surface area contributed by atoms with Crippen LogP contribution in [0.1, 0.15) is 20.3 Å². The topological polar surface area (TPSA) is 113 Å². The molecule has 7 nitrogen and oxygen atoms in total. The average Bonchev–Trinajstić information content (AvgIpc) is 2.20. The molecule has 0 fully saturated rings. The molecular formula is C10H18N4O3. The van der Waals surface area contributed by atoms with Crippen LogP contribution in [0, 0.1) is 0 Å². The van der Waals surface area contributed by atoms with Gasteiger partial charge < -0.3 is 16.2 Å². The van der Waals surface area contributed by atoms with E-state index in [-0.39, 0.29) is 17.5 Å². The van der Waals surface area contributed by atoms with Crippen LogP contribution in [0.2, 0.25) is 0 Å². The first-order valence-corrected chi connectivity index (χ1v) is 5.36. The van der Waals surface area contributed by atoms with Crippen molar-refractivity contribution in [1.82, 2.24) is 9.55 Å². The molecule has 0 bridgehead atoms. The second kappa shape index (κ2) is 5.05. The van der Waals surface area contributed by atoms with Crippen LogP contribution >= 0.6 is 0 Å². The third kappa shape index (κ3) is 3.10. The van der Waals surface area contributed by atoms with Crippen LogP contribution in [0.3, 0.4) is 0 Å². The van der Waals surface area contributed by atoms with E-state index < -0.39 is 17.4 Å². The number of nitrogens with zero attached hydrogens (tertiary/aromatic N) is 1. The maximum atomic E-state index is 11.6. The summed E-state index contributed by atoms with van der Waals surface area (Å²) in [6.45, 7) is 3.48. The molecule has 17 heavy (non-hydrogen) atoms. The third-order valence-corrected chi connectivity index (χ3v) is 2.46. The zero-order valence-corrected chi connectivity index (χ0v) is 10.2. The van der Waals surface area contributed by atoms with Crippen molar-refractivity contribution in [2.45, 2.75) is 32.4 Å². The van der Waals surface area contributed by atoms with E-state index in [0.717, 1.165) is 4.57 Å². The first kappa shape index (κ1) is 13.3. The lowest BCUT2D eigenvalue weighted by atomic mass is 10.1. The van der Waals surface area contributed by atoms with Gasteiger partial charge in [-0.15, -0.1) is 0 Å². The molecule has 1 heterocycles. The van der Waals surface area contributed by atoms with Crippen molar-refractivity contribution in [1.29, 1.82) is 0 Å². The van der Waals surface area contributed by atoms with E-state index in [4.69, 9.17) is 5.73 Å². The Balaban J connectivity index is 3.04. The van der Waals surface area contributed by atoms with Crippen LogP contribution in [0.4, 0.5) is 11.5 Å². The van der Waals surface area contributed by atoms with Gasteiger partial charge in [0.05, 0.1) is 6.10 Å². The fraction of sp³-hybridized carbons (Fsp3) is 0.600. The van der Waals surface area contributed by atoms with E-state index in [0.29, 0.717) is 6.42 Å². The maximum Gasteiger partial charge on any atom is 0.329 e. The molecule has 0 aliphatic heterocycles. The van der Waals surface area contributed by atoms with Gasteiger partial charge in [-0.1, -0.05) is 0 Å². The number of aromatic amines is 1. The van der Waals surface area contributed by atoms with Crippen LogP contribution in [0.25, 0.3) is 0 Å². The molecule has 0 saturated heterocycles. The number of hydrogen-bond donors (Lipinski definition) is 4. The molecule has 96 valence electrons. The van der Waals surface area contributed by atoms with Crippen molar-refractivity contribution >= 4 is 11.5 Å². The average molecular weight is 242 g/mol. The zero-order chi connectivity index (χ0) is 13.2. The molecule has 5 N–H and O–H groups in total. The van der Waals surface area contributed by atoms with Gasteiger partial charge in [0.1, 0.15) is 11.5 Å². The van der Waals surface area contributed by atoms with E-state index in [1.807, 2.05) is 6.92 Å². The molecule has 0 aromatic carbocycles. The summed E-state index contributed by atoms with van der Waals surface area (Å²) in [5.74, 6) is 0.0798. The molecule has 0 aliphatic carbocycles. The molecule has 0 saturated carbocycles. The highest BCUT2D eigenvalue weighted by Crippen LogP contribution is 2.11. The minimum Gasteiger partial charge on any atom is -0.393 e. The fourth-order valence-electron chi connectivity index (χ4n) is 1.59. The summed E-state index contributed by atoms with van der Waals surface area (Å²) in [5, 5.41) is 12.1. The van der Waals surface area contributed by atoms with Crippen LogP contribution < -0.4 is 22.3 Å². The molecule has 7 heteroatoms. The Labute approximate surface area is 98.3 Å². The Morgan fingerprint density at radius 3 is 2.59 bits per heavy atom. The largest absolute Gasteiger partial charge is 0.393 e. The van der Waals surface area contributed by atoms with E-state index in [9.17, 15) is 14.7 Å². The quantitative estimate of drug-likeness (QED) is 0.553. The number of nitrogens with one attached hydrogen (secondary N) is 2. The Bertz CT molecular complexity index is 503. The number of nitrogen functional groups attached to an aromatic ring is 1. The van der Waals surface area contributed by atoms with E-state index in [1.54, 1.807) is 6.92 Å². The first-order chi connectivity index (χ1) is 7.82. The molecule has 0 radical (unpaired) electrons. The van der Waals surface area contributed by atoms with Gasteiger partial charge in [0, 0.05) is 13.1 Å². The monoisotopic (exact) mass is 242 g/mol. The lowest BCUT2D eigenvalue weighted by molar-refractivity contribution is 0.179. The zero-order valence-electron chi connectivity index (χ0n) is 10.2. The Morgan fingerprint density at radius 2 is 2.06 bits per heavy atom. The predicted molar refractivity (Wildman–Crippen MR) is 66.1 cm³/mol. The van der Waals surface area contributed by atoms with Crippen LogP contribution in [0.15, 0.2) is 9.59 Å². The van der Waals surface area contributed by atoms with Crippen LogP contribution in [-0.2, 0) is 7.05 Å². The Hall–Kier alpha value is -1.76. The Kier molecular flexibility index (Phi) is 3.95. The van der Waals surface area contributed by atoms with E-state index in [2.05, 4.69) is 10.3 Å². The number of H-pyrrole nitrogens is 1. The predicted octanol–water partition coefficient (Wildman–Crippen LogP) is -0.773. The van der Waals surface area contributed by atoms with Gasteiger partial charge in [-0.05, 0) is 20.3 Å². The highest BCUT2D eigenvalue weighted by Gasteiger charge is 2.13. The highest BCUT2D eigenvalue weighted by molar-refractivity contribution is 5.60. The molecule has 0 spiro atoms. The summed E-state index contributed by atoms with van der Waals surface area (Å²) in [6.07, 6.45) is -0.00724. The number of aliphatic hydroxyl groups excluding tert-OH is 1. The summed E-state index contributed by atoms with van der Waals surface area (Å²) in [7, 11) is 1.47. The normalized spacial score (nSPS) is 14.4. The van der Waals surface area contributed by atoms with Crippen LogP contribution in [-0.4, -0.2) is 26.8 Å². The van der Waals surface area contributed by atoms with Gasteiger partial charge in [-0.25, -0.2) is 4.79 Å². The summed E-state index contributed by atoms with van der Waals surface area (Å²) < 4.78 is 1.15. The number of aromatic nitrogens is 2. The van der Waals surface area contributed by atoms with Gasteiger partial charge in [-0.2, -0.15) is 0 Å². The highest BCUT2D eigenvalue weighted by atomic mass is 16.3. The molecule has 0 amide bonds. The van der Waals surface area contributed by atoms with Gasteiger partial charge in [0.2, 0.25) is 0 Å². The second-order valence-corrected chi connectivity index (χ2v) is 4.21. The van der Waals surface area contributed by atoms with Gasteiger partial charge in [-0.3, -0.25) is 14.3 Å². The standard InChI is InChI=1S/C10H18N4O3/c1-5(4-6(2)15)12-7-8(11)14(3)10(17)13-9(7)16/h5-6,12,15H,4,11H2,1-3H3,(H,13,16,17). The van der Waals surface area contributed by atoms with Crippen molar-refractivity contribution in [2.75, 3.05) is 11.1 Å². The van der Waals surface area contributed by atoms with Crippen molar-refractivity contribution in [2.24, 2.45) is 7.05 Å². The second-order valence-electron chi connectivity index (χ2n) is 4.21. The maximum absolute atomic E-state index is 11.6. The lowest BCUT2D eigenvalue weighted by Gasteiger charge is -2.17. The number of anilines is 2. The fourth-order valence-corrected chi connectivity index (χ4v) is 1.59. The van der Waals surface area contributed by atoms with E-state index in [1.165, 1.54) is 7.05 Å². The third-order valence-electron chi connectivity index (χ3n) is 2.46. The minimum absolute atomic E-state index is 0.0798. The molecule has 1 aromatic heterocycles. The van der Waals surface area contributed by atoms with Crippen molar-refractivity contribution in [3.05, 3.63) is 20.8 Å². The van der Waals surface area contributed by atoms with E-state index >= 15 is 0 Å². The van der Waals surface area contributed by atoms with Crippen molar-refractivity contribution < 1.29 is 5.11 Å². The van der Waals surface area contributed by atoms with Crippen molar-refractivity contribution in [3.63, 3.8) is 0 Å². The summed E-state index contributed by atoms with van der Waals surface area (Å²) in [6, 6.07) is -0.129. The molecule has 1 rings (SSSR count). The first-order valence-electron chi connectivity index (χ1n) is 5.36. The van der Waals surface area contributed by atoms with Gasteiger partial charge in [0.25, 0.3) is 5.56 Å². The summed E-state index contributed by atoms with van der Waals surface area (Å²) in [4.78, 5) is 24.9. The lowest BCUT2D eigenvalue weighted by Crippen LogP contribution is -2.34. The summed E-state index contributed by atoms with van der Waals surface area (Å²) in [5.41, 5.74) is 4.73. The number of aliphatic hydroxyl groups is 1. The molecule has 0 aliphatic rings. The number of nitrogens with two attached hydrogens (primary N) is 1. The van der Waals surface area contributed by atoms with Gasteiger partial charge >= 0.3 is 5.69 Å². The number of hydrogen-bond acceptors (Lipinski definition) is 5. The molecule has 2 atom stereocenters. The molecule has 2 unspecified atom stereocenters. The number of rotatable bonds is 4. The SMILES string of the molecule is CC(O)CC(C)Nc1c(N)n(C)c(=O)[nH]c1=O. The Morgan fingerprint density at radius 1 is 1.47 bits per heavy atom. The summed E-state index contributed by atoms with van der Waals surface area (Å²) >= 11 is 0. The minimum atomic E-state index is -0.554. The van der Waals surface area contributed by atoms with Crippen LogP contribution in [0.5, 0.6) is 0 Å². The molecule has 1 aromatic rings. The smallest absolute Gasteiger partial charge is 0.329 e. The van der Waals surface area contributed by atoms with Gasteiger partial charge in [0.15, 0.2) is 0 Å². The molecular weight excluding hydrogens is 224 g/mol.